The molecule has 0 spiro atoms. The molecule has 0 saturated carbocycles. The van der Waals surface area contributed by atoms with Gasteiger partial charge in [-0.15, -0.1) is 0 Å². The highest BCUT2D eigenvalue weighted by atomic mass is 16.2. The number of nitrogens with two attached hydrogens (primary N) is 1. The lowest BCUT2D eigenvalue weighted by Crippen LogP contribution is -2.33. The van der Waals surface area contributed by atoms with Crippen molar-refractivity contribution in [2.75, 3.05) is 10.7 Å². The van der Waals surface area contributed by atoms with E-state index in [9.17, 15) is 14.4 Å². The minimum Gasteiger partial charge on any atom is -0.351 e. The normalized spacial score (nSPS) is 10.3. The molecule has 9 nitrogen and oxygen atoms in total. The largest absolute Gasteiger partial charge is 0.351 e. The molecule has 3 aromatic rings. The molecule has 0 bridgehead atoms. The summed E-state index contributed by atoms with van der Waals surface area (Å²) >= 11 is 0. The van der Waals surface area contributed by atoms with Gasteiger partial charge >= 0.3 is 6.03 Å². The standard InChI is InChI=1S/C17H16N6O3/c1-23-15(25)12-4-2-3-5-13(12)20-17(23)22-21-14(24)10-6-8-11(9-7-10)19-16(18)26/h2-9H,1H3,(H,20,22)(H,21,24)(H3,18,19,26). The van der Waals surface area contributed by atoms with Crippen molar-refractivity contribution < 1.29 is 9.59 Å². The van der Waals surface area contributed by atoms with Gasteiger partial charge in [-0.2, -0.15) is 0 Å². The molecule has 0 aliphatic rings. The van der Waals surface area contributed by atoms with Crippen molar-refractivity contribution in [1.82, 2.24) is 15.0 Å². The van der Waals surface area contributed by atoms with Crippen LogP contribution >= 0.6 is 0 Å². The van der Waals surface area contributed by atoms with Gasteiger partial charge in [0.05, 0.1) is 10.9 Å². The first-order valence-electron chi connectivity index (χ1n) is 7.64. The Hall–Kier alpha value is -3.88. The van der Waals surface area contributed by atoms with Crippen LogP contribution in [0.15, 0.2) is 53.3 Å². The second kappa shape index (κ2) is 6.93. The Labute approximate surface area is 147 Å². The summed E-state index contributed by atoms with van der Waals surface area (Å²) in [5, 5.41) is 2.89. The molecule has 0 unspecified atom stereocenters. The molecule has 132 valence electrons. The Morgan fingerprint density at radius 2 is 1.77 bits per heavy atom. The van der Waals surface area contributed by atoms with Gasteiger partial charge in [0.15, 0.2) is 0 Å². The zero-order valence-corrected chi connectivity index (χ0v) is 13.8. The Kier molecular flexibility index (Phi) is 4.52. The molecule has 2 aromatic carbocycles. The van der Waals surface area contributed by atoms with Gasteiger partial charge in [-0.25, -0.2) is 9.78 Å². The fourth-order valence-electron chi connectivity index (χ4n) is 2.36. The number of primary amides is 1. The van der Waals surface area contributed by atoms with E-state index in [2.05, 4.69) is 21.2 Å². The molecule has 26 heavy (non-hydrogen) atoms. The summed E-state index contributed by atoms with van der Waals surface area (Å²) in [4.78, 5) is 39.6. The lowest BCUT2D eigenvalue weighted by Gasteiger charge is -2.12. The molecule has 1 aromatic heterocycles. The molecule has 0 aliphatic heterocycles. The predicted molar refractivity (Wildman–Crippen MR) is 97.7 cm³/mol. The number of anilines is 2. The van der Waals surface area contributed by atoms with Crippen LogP contribution in [0.2, 0.25) is 0 Å². The van der Waals surface area contributed by atoms with E-state index in [1.54, 1.807) is 43.4 Å². The number of hydrogen-bond acceptors (Lipinski definition) is 5. The van der Waals surface area contributed by atoms with Crippen LogP contribution in [-0.2, 0) is 7.05 Å². The van der Waals surface area contributed by atoms with Gasteiger partial charge in [-0.05, 0) is 36.4 Å². The highest BCUT2D eigenvalue weighted by Gasteiger charge is 2.10. The molecular weight excluding hydrogens is 336 g/mol. The lowest BCUT2D eigenvalue weighted by atomic mass is 10.2. The fraction of sp³-hybridized carbons (Fsp3) is 0.0588. The number of aromatic nitrogens is 2. The predicted octanol–water partition coefficient (Wildman–Crippen LogP) is 1.18. The molecule has 9 heteroatoms. The van der Waals surface area contributed by atoms with E-state index in [-0.39, 0.29) is 11.5 Å². The van der Waals surface area contributed by atoms with Crippen LogP contribution in [0.3, 0.4) is 0 Å². The van der Waals surface area contributed by atoms with E-state index < -0.39 is 11.9 Å². The molecule has 0 saturated heterocycles. The van der Waals surface area contributed by atoms with E-state index in [1.807, 2.05) is 0 Å². The summed E-state index contributed by atoms with van der Waals surface area (Å²) in [5.74, 6) is -0.230. The van der Waals surface area contributed by atoms with E-state index in [0.717, 1.165) is 0 Å². The third-order valence-electron chi connectivity index (χ3n) is 3.69. The Bertz CT molecular complexity index is 1040. The van der Waals surface area contributed by atoms with E-state index in [1.165, 1.54) is 16.7 Å². The molecule has 0 radical (unpaired) electrons. The minimum atomic E-state index is -0.688. The summed E-state index contributed by atoms with van der Waals surface area (Å²) in [6.07, 6.45) is 0. The van der Waals surface area contributed by atoms with Gasteiger partial charge in [0.2, 0.25) is 5.95 Å². The molecule has 0 atom stereocenters. The van der Waals surface area contributed by atoms with Gasteiger partial charge in [0.1, 0.15) is 0 Å². The number of hydrazine groups is 1. The molecule has 3 amide bonds. The summed E-state index contributed by atoms with van der Waals surface area (Å²) in [6, 6.07) is 12.4. The van der Waals surface area contributed by atoms with Gasteiger partial charge < -0.3 is 11.1 Å². The number of carbonyl (C=O) groups is 2. The van der Waals surface area contributed by atoms with E-state index >= 15 is 0 Å². The molecule has 0 aliphatic carbocycles. The summed E-state index contributed by atoms with van der Waals surface area (Å²) in [5.41, 5.74) is 11.3. The molecular formula is C17H16N6O3. The minimum absolute atomic E-state index is 0.203. The SMILES string of the molecule is Cn1c(NNC(=O)c2ccc(NC(N)=O)cc2)nc2ccccc2c1=O. The lowest BCUT2D eigenvalue weighted by molar-refractivity contribution is 0.0962. The zero-order chi connectivity index (χ0) is 18.7. The molecule has 1 heterocycles. The third kappa shape index (κ3) is 3.46. The number of urea groups is 1. The Balaban J connectivity index is 1.75. The highest BCUT2D eigenvalue weighted by molar-refractivity contribution is 5.96. The third-order valence-corrected chi connectivity index (χ3v) is 3.69. The van der Waals surface area contributed by atoms with Crippen molar-refractivity contribution in [3.63, 3.8) is 0 Å². The van der Waals surface area contributed by atoms with Crippen LogP contribution in [0.4, 0.5) is 16.4 Å². The number of amides is 3. The maximum atomic E-state index is 12.3. The summed E-state index contributed by atoms with van der Waals surface area (Å²) < 4.78 is 1.31. The number of nitrogens with zero attached hydrogens (tertiary/aromatic N) is 2. The van der Waals surface area contributed by atoms with Crippen molar-refractivity contribution in [1.29, 1.82) is 0 Å². The first-order chi connectivity index (χ1) is 12.5. The monoisotopic (exact) mass is 352 g/mol. The number of para-hydroxylation sites is 1. The van der Waals surface area contributed by atoms with Crippen LogP contribution in [0.1, 0.15) is 10.4 Å². The first kappa shape index (κ1) is 17.0. The van der Waals surface area contributed by atoms with Crippen molar-refractivity contribution >= 4 is 34.5 Å². The topological polar surface area (TPSA) is 131 Å². The van der Waals surface area contributed by atoms with Gasteiger partial charge in [-0.1, -0.05) is 12.1 Å². The van der Waals surface area contributed by atoms with Crippen LogP contribution in [-0.4, -0.2) is 21.5 Å². The number of hydrogen-bond donors (Lipinski definition) is 4. The van der Waals surface area contributed by atoms with Crippen molar-refractivity contribution in [3.8, 4) is 0 Å². The smallest absolute Gasteiger partial charge is 0.316 e. The summed E-state index contributed by atoms with van der Waals surface area (Å²) in [7, 11) is 1.56. The van der Waals surface area contributed by atoms with Crippen molar-refractivity contribution in [2.45, 2.75) is 0 Å². The van der Waals surface area contributed by atoms with Gasteiger partial charge in [0.25, 0.3) is 11.5 Å². The maximum Gasteiger partial charge on any atom is 0.316 e. The number of benzene rings is 2. The molecule has 0 fully saturated rings. The number of nitrogens with one attached hydrogen (secondary N) is 3. The van der Waals surface area contributed by atoms with Crippen LogP contribution in [0, 0.1) is 0 Å². The second-order valence-corrected chi connectivity index (χ2v) is 5.46. The zero-order valence-electron chi connectivity index (χ0n) is 13.8. The summed E-state index contributed by atoms with van der Waals surface area (Å²) in [6.45, 7) is 0. The number of fused-ring (bicyclic) bond motifs is 1. The Morgan fingerprint density at radius 3 is 2.46 bits per heavy atom. The highest BCUT2D eigenvalue weighted by Crippen LogP contribution is 2.11. The molecule has 3 rings (SSSR count). The number of carbonyl (C=O) groups excluding carboxylic acids is 2. The van der Waals surface area contributed by atoms with Gasteiger partial charge in [-0.3, -0.25) is 25.0 Å². The Morgan fingerprint density at radius 1 is 1.08 bits per heavy atom. The average molecular weight is 352 g/mol. The van der Waals surface area contributed by atoms with Crippen LogP contribution < -0.4 is 27.5 Å². The fourth-order valence-corrected chi connectivity index (χ4v) is 2.36. The van der Waals surface area contributed by atoms with E-state index in [0.29, 0.717) is 22.2 Å². The average Bonchev–Trinajstić information content (AvgIpc) is 2.63. The van der Waals surface area contributed by atoms with Crippen molar-refractivity contribution in [3.05, 3.63) is 64.4 Å². The number of rotatable bonds is 4. The van der Waals surface area contributed by atoms with Gasteiger partial charge in [0, 0.05) is 18.3 Å². The molecule has 5 N–H and O–H groups in total. The first-order valence-corrected chi connectivity index (χ1v) is 7.64. The quantitative estimate of drug-likeness (QED) is 0.524. The van der Waals surface area contributed by atoms with Crippen molar-refractivity contribution in [2.24, 2.45) is 12.8 Å². The maximum absolute atomic E-state index is 12.3. The van der Waals surface area contributed by atoms with E-state index in [4.69, 9.17) is 5.73 Å². The second-order valence-electron chi connectivity index (χ2n) is 5.46. The van der Waals surface area contributed by atoms with Crippen LogP contribution in [0.25, 0.3) is 10.9 Å². The van der Waals surface area contributed by atoms with Crippen LogP contribution in [0.5, 0.6) is 0 Å².